The predicted molar refractivity (Wildman–Crippen MR) is 111 cm³/mol. The van der Waals surface area contributed by atoms with Gasteiger partial charge in [0.1, 0.15) is 0 Å². The van der Waals surface area contributed by atoms with E-state index in [2.05, 4.69) is 17.6 Å². The smallest absolute Gasteiger partial charge is 0.261 e. The van der Waals surface area contributed by atoms with Crippen LogP contribution in [0.4, 0.5) is 0 Å². The molecule has 1 fully saturated rings. The Kier molecular flexibility index (Phi) is 9.95. The summed E-state index contributed by atoms with van der Waals surface area (Å²) in [6.07, 6.45) is 6.40. The van der Waals surface area contributed by atoms with Crippen LogP contribution in [-0.4, -0.2) is 41.7 Å². The molecule has 0 bridgehead atoms. The summed E-state index contributed by atoms with van der Waals surface area (Å²) in [5.74, 6) is 0.00491. The first-order valence-electron chi connectivity index (χ1n) is 10.5. The van der Waals surface area contributed by atoms with Gasteiger partial charge in [-0.25, -0.2) is 0 Å². The van der Waals surface area contributed by atoms with E-state index in [1.165, 1.54) is 11.3 Å². The molecule has 2 rings (SSSR count). The lowest BCUT2D eigenvalue weighted by molar-refractivity contribution is -0.119. The van der Waals surface area contributed by atoms with Gasteiger partial charge in [-0.1, -0.05) is 26.2 Å². The van der Waals surface area contributed by atoms with Crippen LogP contribution in [0.5, 0.6) is 0 Å². The third-order valence-corrected chi connectivity index (χ3v) is 6.12. The molecule has 0 aromatic carbocycles. The van der Waals surface area contributed by atoms with Crippen LogP contribution in [0.1, 0.15) is 79.8 Å². The van der Waals surface area contributed by atoms with Crippen LogP contribution in [-0.2, 0) is 16.1 Å². The Morgan fingerprint density at radius 1 is 1.32 bits per heavy atom. The SMILES string of the molecule is CCCCC[C@H](O)CCC(OCc1ccc(C(=O)NCC)s1)C1CCC(=O)N1. The number of carbonyl (C=O) groups is 2. The van der Waals surface area contributed by atoms with Gasteiger partial charge in [-0.2, -0.15) is 0 Å². The van der Waals surface area contributed by atoms with Gasteiger partial charge in [-0.05, 0) is 44.7 Å². The molecule has 3 atom stereocenters. The molecule has 0 spiro atoms. The van der Waals surface area contributed by atoms with Crippen LogP contribution in [0.25, 0.3) is 0 Å². The first kappa shape index (κ1) is 22.8. The fourth-order valence-corrected chi connectivity index (χ4v) is 4.31. The number of aliphatic hydroxyl groups is 1. The second-order valence-corrected chi connectivity index (χ2v) is 8.58. The van der Waals surface area contributed by atoms with Crippen molar-refractivity contribution in [3.05, 3.63) is 21.9 Å². The standard InChI is InChI=1S/C21H34N2O4S/c1-3-5-6-7-15(24)8-11-18(17-10-13-20(25)23-17)27-14-16-9-12-19(28-16)21(26)22-4-2/h9,12,15,17-18,24H,3-8,10-11,13-14H2,1-2H3,(H,22,26)(H,23,25)/t15-,17?,18?/m0/s1. The summed E-state index contributed by atoms with van der Waals surface area (Å²) in [6, 6.07) is 3.73. The van der Waals surface area contributed by atoms with Crippen LogP contribution < -0.4 is 10.6 Å². The zero-order valence-electron chi connectivity index (χ0n) is 17.0. The summed E-state index contributed by atoms with van der Waals surface area (Å²) in [6.45, 7) is 5.06. The van der Waals surface area contributed by atoms with Crippen LogP contribution in [0.3, 0.4) is 0 Å². The van der Waals surface area contributed by atoms with Gasteiger partial charge in [0.25, 0.3) is 5.91 Å². The van der Waals surface area contributed by atoms with E-state index in [1.807, 2.05) is 19.1 Å². The van der Waals surface area contributed by atoms with Gasteiger partial charge in [-0.3, -0.25) is 9.59 Å². The van der Waals surface area contributed by atoms with Crippen LogP contribution >= 0.6 is 11.3 Å². The predicted octanol–water partition coefficient (Wildman–Crippen LogP) is 3.38. The molecule has 1 aliphatic heterocycles. The summed E-state index contributed by atoms with van der Waals surface area (Å²) >= 11 is 1.43. The number of hydrogen-bond acceptors (Lipinski definition) is 5. The molecule has 1 aliphatic rings. The molecule has 158 valence electrons. The van der Waals surface area contributed by atoms with Crippen molar-refractivity contribution in [2.75, 3.05) is 6.54 Å². The monoisotopic (exact) mass is 410 g/mol. The Balaban J connectivity index is 1.87. The third-order valence-electron chi connectivity index (χ3n) is 5.07. The van der Waals surface area contributed by atoms with E-state index >= 15 is 0 Å². The topological polar surface area (TPSA) is 87.7 Å². The van der Waals surface area contributed by atoms with Crippen LogP contribution in [0.15, 0.2) is 12.1 Å². The van der Waals surface area contributed by atoms with E-state index in [0.717, 1.165) is 37.0 Å². The lowest BCUT2D eigenvalue weighted by Gasteiger charge is -2.25. The first-order chi connectivity index (χ1) is 13.5. The molecule has 2 heterocycles. The molecule has 2 amide bonds. The third kappa shape index (κ3) is 7.53. The summed E-state index contributed by atoms with van der Waals surface area (Å²) in [4.78, 5) is 25.2. The fourth-order valence-electron chi connectivity index (χ4n) is 3.46. The van der Waals surface area contributed by atoms with Crippen molar-refractivity contribution in [2.45, 2.75) is 90.1 Å². The average Bonchev–Trinajstić information content (AvgIpc) is 3.31. The maximum atomic E-state index is 11.9. The van der Waals surface area contributed by atoms with Crippen LogP contribution in [0, 0.1) is 0 Å². The molecule has 3 N–H and O–H groups in total. The van der Waals surface area contributed by atoms with Crippen molar-refractivity contribution in [1.29, 1.82) is 0 Å². The first-order valence-corrected chi connectivity index (χ1v) is 11.3. The Hall–Kier alpha value is -1.44. The van der Waals surface area contributed by atoms with Gasteiger partial charge < -0.3 is 20.5 Å². The second-order valence-electron chi connectivity index (χ2n) is 7.41. The average molecular weight is 411 g/mol. The number of hydrogen-bond donors (Lipinski definition) is 3. The molecule has 6 nitrogen and oxygen atoms in total. The lowest BCUT2D eigenvalue weighted by Crippen LogP contribution is -2.38. The number of amides is 2. The summed E-state index contributed by atoms with van der Waals surface area (Å²) < 4.78 is 6.14. The molecule has 1 aromatic rings. The largest absolute Gasteiger partial charge is 0.393 e. The fraction of sp³-hybridized carbons (Fsp3) is 0.714. The van der Waals surface area contributed by atoms with Crippen molar-refractivity contribution in [2.24, 2.45) is 0 Å². The minimum Gasteiger partial charge on any atom is -0.393 e. The summed E-state index contributed by atoms with van der Waals surface area (Å²) in [5.41, 5.74) is 0. The van der Waals surface area contributed by atoms with Gasteiger partial charge in [0, 0.05) is 17.8 Å². The number of rotatable bonds is 13. The van der Waals surface area contributed by atoms with Gasteiger partial charge in [-0.15, -0.1) is 11.3 Å². The highest BCUT2D eigenvalue weighted by Crippen LogP contribution is 2.23. The number of ether oxygens (including phenoxy) is 1. The molecule has 0 radical (unpaired) electrons. The van der Waals surface area contributed by atoms with Crippen molar-refractivity contribution >= 4 is 23.2 Å². The Morgan fingerprint density at radius 2 is 2.14 bits per heavy atom. The van der Waals surface area contributed by atoms with Crippen LogP contribution in [0.2, 0.25) is 0 Å². The minimum atomic E-state index is -0.319. The zero-order valence-corrected chi connectivity index (χ0v) is 17.9. The highest BCUT2D eigenvalue weighted by Gasteiger charge is 2.30. The van der Waals surface area contributed by atoms with Gasteiger partial charge in [0.15, 0.2) is 0 Å². The minimum absolute atomic E-state index is 0.00170. The maximum Gasteiger partial charge on any atom is 0.261 e. The van der Waals surface area contributed by atoms with E-state index in [9.17, 15) is 14.7 Å². The van der Waals surface area contributed by atoms with E-state index in [0.29, 0.717) is 37.3 Å². The van der Waals surface area contributed by atoms with Crippen molar-refractivity contribution < 1.29 is 19.4 Å². The van der Waals surface area contributed by atoms with Gasteiger partial charge in [0.05, 0.1) is 29.7 Å². The van der Waals surface area contributed by atoms with Crippen molar-refractivity contribution in [3.63, 3.8) is 0 Å². The number of thiophene rings is 1. The normalized spacial score (nSPS) is 18.7. The number of aliphatic hydroxyl groups excluding tert-OH is 1. The number of unbranched alkanes of at least 4 members (excludes halogenated alkanes) is 2. The molecule has 1 aromatic heterocycles. The molecule has 1 saturated heterocycles. The maximum absolute atomic E-state index is 11.9. The molecule has 2 unspecified atom stereocenters. The summed E-state index contributed by atoms with van der Waals surface area (Å²) in [5, 5.41) is 16.0. The quantitative estimate of drug-likeness (QED) is 0.435. The van der Waals surface area contributed by atoms with Gasteiger partial charge in [0.2, 0.25) is 5.91 Å². The lowest BCUT2D eigenvalue weighted by atomic mass is 9.99. The molecule has 7 heteroatoms. The highest BCUT2D eigenvalue weighted by molar-refractivity contribution is 7.14. The number of carbonyl (C=O) groups excluding carboxylic acids is 2. The van der Waals surface area contributed by atoms with Gasteiger partial charge >= 0.3 is 0 Å². The Morgan fingerprint density at radius 3 is 2.82 bits per heavy atom. The van der Waals surface area contributed by atoms with E-state index < -0.39 is 0 Å². The van der Waals surface area contributed by atoms with E-state index in [-0.39, 0.29) is 30.1 Å². The van der Waals surface area contributed by atoms with E-state index in [1.54, 1.807) is 0 Å². The summed E-state index contributed by atoms with van der Waals surface area (Å²) in [7, 11) is 0. The van der Waals surface area contributed by atoms with Crippen molar-refractivity contribution in [1.82, 2.24) is 10.6 Å². The molecular weight excluding hydrogens is 376 g/mol. The van der Waals surface area contributed by atoms with E-state index in [4.69, 9.17) is 4.74 Å². The second kappa shape index (κ2) is 12.2. The Bertz CT molecular complexity index is 619. The zero-order chi connectivity index (χ0) is 20.4. The molecular formula is C21H34N2O4S. The number of nitrogens with one attached hydrogen (secondary N) is 2. The molecule has 0 saturated carbocycles. The highest BCUT2D eigenvalue weighted by atomic mass is 32.1. The Labute approximate surface area is 172 Å². The molecule has 28 heavy (non-hydrogen) atoms. The van der Waals surface area contributed by atoms with Crippen molar-refractivity contribution in [3.8, 4) is 0 Å². The molecule has 0 aliphatic carbocycles.